The molecule has 2 aromatic rings. The van der Waals surface area contributed by atoms with Crippen molar-refractivity contribution in [2.75, 3.05) is 0 Å². The van der Waals surface area contributed by atoms with Gasteiger partial charge in [0, 0.05) is 0 Å². The maximum absolute atomic E-state index is 12.7. The third-order valence-corrected chi connectivity index (χ3v) is 4.93. The van der Waals surface area contributed by atoms with Crippen LogP contribution in [-0.4, -0.2) is 8.42 Å². The van der Waals surface area contributed by atoms with Crippen LogP contribution in [0.4, 0.5) is 0 Å². The van der Waals surface area contributed by atoms with Gasteiger partial charge in [0.1, 0.15) is 5.25 Å². The Morgan fingerprint density at radius 3 is 1.95 bits per heavy atom. The first kappa shape index (κ1) is 13.6. The number of rotatable bonds is 4. The van der Waals surface area contributed by atoms with E-state index >= 15 is 0 Å². The molecular weight excluding hydrogens is 256 g/mol. The van der Waals surface area contributed by atoms with Crippen LogP contribution in [0.2, 0.25) is 0 Å². The summed E-state index contributed by atoms with van der Waals surface area (Å²) in [6.07, 6.45) is 3.50. The van der Waals surface area contributed by atoms with Gasteiger partial charge in [-0.25, -0.2) is 8.42 Å². The zero-order chi connectivity index (χ0) is 13.7. The number of hydrogen-bond acceptors (Lipinski definition) is 2. The molecule has 0 aromatic heterocycles. The van der Waals surface area contributed by atoms with E-state index in [4.69, 9.17) is 0 Å². The van der Waals surface area contributed by atoms with Gasteiger partial charge >= 0.3 is 0 Å². The SMILES string of the molecule is C/C=C/C(c1ccccc1)S(=O)(=O)c1ccccc1. The van der Waals surface area contributed by atoms with Gasteiger partial charge in [0.25, 0.3) is 0 Å². The zero-order valence-corrected chi connectivity index (χ0v) is 11.5. The molecule has 98 valence electrons. The van der Waals surface area contributed by atoms with Gasteiger partial charge in [0.2, 0.25) is 0 Å². The fourth-order valence-corrected chi connectivity index (χ4v) is 3.68. The van der Waals surface area contributed by atoms with Crippen LogP contribution in [0.15, 0.2) is 77.7 Å². The average Bonchev–Trinajstić information content (AvgIpc) is 2.46. The Hall–Kier alpha value is -1.87. The average molecular weight is 272 g/mol. The van der Waals surface area contributed by atoms with E-state index in [0.29, 0.717) is 4.90 Å². The fourth-order valence-electron chi connectivity index (χ4n) is 1.97. The van der Waals surface area contributed by atoms with E-state index in [2.05, 4.69) is 0 Å². The van der Waals surface area contributed by atoms with Gasteiger partial charge in [-0.15, -0.1) is 0 Å². The van der Waals surface area contributed by atoms with Gasteiger partial charge in [-0.1, -0.05) is 60.7 Å². The molecule has 2 aromatic carbocycles. The monoisotopic (exact) mass is 272 g/mol. The molecule has 19 heavy (non-hydrogen) atoms. The summed E-state index contributed by atoms with van der Waals surface area (Å²) in [6, 6.07) is 17.8. The normalized spacial score (nSPS) is 13.5. The van der Waals surface area contributed by atoms with Crippen molar-refractivity contribution in [2.45, 2.75) is 17.1 Å². The Morgan fingerprint density at radius 2 is 1.42 bits per heavy atom. The highest BCUT2D eigenvalue weighted by Gasteiger charge is 2.26. The molecule has 0 N–H and O–H groups in total. The van der Waals surface area contributed by atoms with E-state index in [0.717, 1.165) is 5.56 Å². The lowest BCUT2D eigenvalue weighted by Gasteiger charge is -2.14. The molecule has 0 aliphatic carbocycles. The maximum atomic E-state index is 12.7. The fraction of sp³-hybridized carbons (Fsp3) is 0.125. The van der Waals surface area contributed by atoms with Gasteiger partial charge in [0.15, 0.2) is 9.84 Å². The van der Waals surface area contributed by atoms with Crippen LogP contribution >= 0.6 is 0 Å². The van der Waals surface area contributed by atoms with E-state index in [-0.39, 0.29) is 0 Å². The largest absolute Gasteiger partial charge is 0.223 e. The zero-order valence-electron chi connectivity index (χ0n) is 10.7. The van der Waals surface area contributed by atoms with Gasteiger partial charge in [0.05, 0.1) is 4.90 Å². The molecule has 0 spiro atoms. The van der Waals surface area contributed by atoms with Crippen LogP contribution in [0, 0.1) is 0 Å². The van der Waals surface area contributed by atoms with Crippen molar-refractivity contribution >= 4 is 9.84 Å². The first-order valence-corrected chi connectivity index (χ1v) is 7.67. The van der Waals surface area contributed by atoms with Gasteiger partial charge in [-0.2, -0.15) is 0 Å². The van der Waals surface area contributed by atoms with E-state index < -0.39 is 15.1 Å². The molecule has 0 fully saturated rings. The summed E-state index contributed by atoms with van der Waals surface area (Å²) in [6.45, 7) is 1.83. The minimum Gasteiger partial charge on any atom is -0.223 e. The highest BCUT2D eigenvalue weighted by molar-refractivity contribution is 7.91. The van der Waals surface area contributed by atoms with Crippen molar-refractivity contribution in [2.24, 2.45) is 0 Å². The summed E-state index contributed by atoms with van der Waals surface area (Å²) < 4.78 is 25.3. The summed E-state index contributed by atoms with van der Waals surface area (Å²) in [4.78, 5) is 0.349. The highest BCUT2D eigenvalue weighted by Crippen LogP contribution is 2.29. The highest BCUT2D eigenvalue weighted by atomic mass is 32.2. The summed E-state index contributed by atoms with van der Waals surface area (Å²) in [5, 5.41) is -0.638. The first-order valence-electron chi connectivity index (χ1n) is 6.13. The molecule has 0 aliphatic rings. The van der Waals surface area contributed by atoms with Gasteiger partial charge < -0.3 is 0 Å². The van der Waals surface area contributed by atoms with Crippen molar-refractivity contribution in [1.82, 2.24) is 0 Å². The lowest BCUT2D eigenvalue weighted by Crippen LogP contribution is -2.11. The molecule has 2 rings (SSSR count). The smallest absolute Gasteiger partial charge is 0.188 e. The van der Waals surface area contributed by atoms with E-state index in [1.807, 2.05) is 43.3 Å². The quantitative estimate of drug-likeness (QED) is 0.794. The molecule has 0 bridgehead atoms. The van der Waals surface area contributed by atoms with Gasteiger partial charge in [-0.05, 0) is 24.6 Å². The summed E-state index contributed by atoms with van der Waals surface area (Å²) in [7, 11) is -3.40. The molecule has 0 aliphatic heterocycles. The summed E-state index contributed by atoms with van der Waals surface area (Å²) >= 11 is 0. The molecule has 1 unspecified atom stereocenters. The van der Waals surface area contributed by atoms with Crippen molar-refractivity contribution in [1.29, 1.82) is 0 Å². The van der Waals surface area contributed by atoms with Crippen LogP contribution in [0.1, 0.15) is 17.7 Å². The predicted molar refractivity (Wildman–Crippen MR) is 77.6 cm³/mol. The van der Waals surface area contributed by atoms with Crippen molar-refractivity contribution in [3.05, 3.63) is 78.4 Å². The number of benzene rings is 2. The Morgan fingerprint density at radius 1 is 0.895 bits per heavy atom. The molecule has 3 heteroatoms. The molecule has 0 amide bonds. The van der Waals surface area contributed by atoms with Crippen molar-refractivity contribution in [3.8, 4) is 0 Å². The lowest BCUT2D eigenvalue weighted by molar-refractivity contribution is 0.590. The molecule has 0 saturated carbocycles. The van der Waals surface area contributed by atoms with Gasteiger partial charge in [-0.3, -0.25) is 0 Å². The Bertz CT molecular complexity index is 644. The Kier molecular flexibility index (Phi) is 4.17. The standard InChI is InChI=1S/C16H16O2S/c1-2-9-16(14-10-5-3-6-11-14)19(17,18)15-12-7-4-8-13-15/h2-13,16H,1H3/b9-2+. The molecule has 1 atom stereocenters. The first-order chi connectivity index (χ1) is 9.16. The van der Waals surface area contributed by atoms with Crippen LogP contribution < -0.4 is 0 Å². The van der Waals surface area contributed by atoms with Crippen LogP contribution in [-0.2, 0) is 9.84 Å². The third-order valence-electron chi connectivity index (χ3n) is 2.90. The second kappa shape index (κ2) is 5.85. The molecular formula is C16H16O2S. The molecule has 2 nitrogen and oxygen atoms in total. The number of hydrogen-bond donors (Lipinski definition) is 0. The second-order valence-electron chi connectivity index (χ2n) is 4.22. The minimum absolute atomic E-state index is 0.349. The Labute approximate surface area is 114 Å². The van der Waals surface area contributed by atoms with Crippen molar-refractivity contribution < 1.29 is 8.42 Å². The van der Waals surface area contributed by atoms with Crippen LogP contribution in [0.5, 0.6) is 0 Å². The van der Waals surface area contributed by atoms with E-state index in [1.165, 1.54) is 0 Å². The van der Waals surface area contributed by atoms with E-state index in [9.17, 15) is 8.42 Å². The maximum Gasteiger partial charge on any atom is 0.188 e. The van der Waals surface area contributed by atoms with Crippen LogP contribution in [0.3, 0.4) is 0 Å². The summed E-state index contributed by atoms with van der Waals surface area (Å²) in [5.41, 5.74) is 0.782. The Balaban J connectivity index is 2.52. The van der Waals surface area contributed by atoms with E-state index in [1.54, 1.807) is 36.4 Å². The number of allylic oxidation sites excluding steroid dienone is 1. The molecule has 0 saturated heterocycles. The third kappa shape index (κ3) is 2.93. The number of sulfone groups is 1. The molecule has 0 heterocycles. The predicted octanol–water partition coefficient (Wildman–Crippen LogP) is 3.78. The topological polar surface area (TPSA) is 34.1 Å². The second-order valence-corrected chi connectivity index (χ2v) is 6.28. The summed E-state index contributed by atoms with van der Waals surface area (Å²) in [5.74, 6) is 0. The lowest BCUT2D eigenvalue weighted by atomic mass is 10.1. The molecule has 0 radical (unpaired) electrons. The minimum atomic E-state index is -3.40. The van der Waals surface area contributed by atoms with Crippen molar-refractivity contribution in [3.63, 3.8) is 0 Å². The van der Waals surface area contributed by atoms with Crippen LogP contribution in [0.25, 0.3) is 0 Å².